The second-order valence-corrected chi connectivity index (χ2v) is 5.32. The molecule has 0 amide bonds. The van der Waals surface area contributed by atoms with Gasteiger partial charge in [-0.25, -0.2) is 8.78 Å². The fourth-order valence-electron chi connectivity index (χ4n) is 1.36. The summed E-state index contributed by atoms with van der Waals surface area (Å²) in [6.07, 6.45) is 0. The van der Waals surface area contributed by atoms with Crippen molar-refractivity contribution in [3.8, 4) is 6.07 Å². The lowest BCUT2D eigenvalue weighted by atomic mass is 10.2. The van der Waals surface area contributed by atoms with E-state index < -0.39 is 11.6 Å². The second-order valence-electron chi connectivity index (χ2n) is 3.41. The van der Waals surface area contributed by atoms with E-state index in [1.54, 1.807) is 24.3 Å². The maximum atomic E-state index is 13.7. The number of hydrogen-bond donors (Lipinski definition) is 0. The Kier molecular flexibility index (Phi) is 4.00. The van der Waals surface area contributed by atoms with Crippen LogP contribution in [-0.4, -0.2) is 0 Å². The van der Waals surface area contributed by atoms with E-state index >= 15 is 0 Å². The van der Waals surface area contributed by atoms with Gasteiger partial charge in [-0.3, -0.25) is 0 Å². The Morgan fingerprint density at radius 2 is 1.72 bits per heavy atom. The molecule has 18 heavy (non-hydrogen) atoms. The average Bonchev–Trinajstić information content (AvgIpc) is 2.35. The largest absolute Gasteiger partial charge is 0.206 e. The molecule has 90 valence electrons. The first kappa shape index (κ1) is 13.1. The molecule has 5 heteroatoms. The minimum atomic E-state index is -0.729. The molecule has 0 aliphatic carbocycles. The van der Waals surface area contributed by atoms with Gasteiger partial charge in [-0.15, -0.1) is 0 Å². The highest BCUT2D eigenvalue weighted by molar-refractivity contribution is 9.10. The fourth-order valence-corrected chi connectivity index (χ4v) is 2.73. The number of halogens is 3. The van der Waals surface area contributed by atoms with Crippen LogP contribution < -0.4 is 0 Å². The predicted molar refractivity (Wildman–Crippen MR) is 69.3 cm³/mol. The van der Waals surface area contributed by atoms with E-state index in [4.69, 9.17) is 5.26 Å². The van der Waals surface area contributed by atoms with Crippen molar-refractivity contribution in [3.05, 3.63) is 58.1 Å². The van der Waals surface area contributed by atoms with Crippen molar-refractivity contribution in [2.24, 2.45) is 0 Å². The average molecular weight is 326 g/mol. The van der Waals surface area contributed by atoms with Gasteiger partial charge < -0.3 is 0 Å². The molecular weight excluding hydrogens is 320 g/mol. The summed E-state index contributed by atoms with van der Waals surface area (Å²) >= 11 is 4.29. The highest BCUT2D eigenvalue weighted by atomic mass is 79.9. The van der Waals surface area contributed by atoms with E-state index in [0.717, 1.165) is 28.4 Å². The normalized spacial score (nSPS) is 10.1. The fraction of sp³-hybridized carbons (Fsp3) is 0. The van der Waals surface area contributed by atoms with E-state index in [1.807, 2.05) is 6.07 Å². The number of benzene rings is 2. The van der Waals surface area contributed by atoms with Crippen LogP contribution in [0.2, 0.25) is 0 Å². The summed E-state index contributed by atoms with van der Waals surface area (Å²) in [5, 5.41) is 8.61. The van der Waals surface area contributed by atoms with Crippen LogP contribution in [0.15, 0.2) is 50.7 Å². The molecule has 0 spiro atoms. The zero-order chi connectivity index (χ0) is 13.1. The third kappa shape index (κ3) is 2.71. The van der Waals surface area contributed by atoms with E-state index in [0.29, 0.717) is 4.90 Å². The number of rotatable bonds is 2. The third-order valence-electron chi connectivity index (χ3n) is 2.18. The smallest absolute Gasteiger partial charge is 0.141 e. The van der Waals surface area contributed by atoms with Crippen LogP contribution in [0, 0.1) is 23.0 Å². The Labute approximate surface area is 116 Å². The minimum absolute atomic E-state index is 0.0264. The van der Waals surface area contributed by atoms with Crippen molar-refractivity contribution in [1.82, 2.24) is 0 Å². The molecule has 0 saturated heterocycles. The van der Waals surface area contributed by atoms with Gasteiger partial charge in [0.15, 0.2) is 0 Å². The molecule has 0 aliphatic rings. The molecule has 0 heterocycles. The van der Waals surface area contributed by atoms with Crippen molar-refractivity contribution in [1.29, 1.82) is 5.26 Å². The van der Waals surface area contributed by atoms with Gasteiger partial charge in [0, 0.05) is 9.37 Å². The quantitative estimate of drug-likeness (QED) is 0.795. The van der Waals surface area contributed by atoms with Gasteiger partial charge in [-0.2, -0.15) is 5.26 Å². The molecule has 0 fully saturated rings. The third-order valence-corrected chi connectivity index (χ3v) is 4.30. The van der Waals surface area contributed by atoms with Crippen LogP contribution in [0.5, 0.6) is 0 Å². The molecule has 0 aliphatic heterocycles. The van der Waals surface area contributed by atoms with Gasteiger partial charge in [-0.05, 0) is 40.2 Å². The number of hydrogen-bond acceptors (Lipinski definition) is 2. The molecule has 0 atom stereocenters. The van der Waals surface area contributed by atoms with Crippen molar-refractivity contribution in [3.63, 3.8) is 0 Å². The van der Waals surface area contributed by atoms with Gasteiger partial charge in [-0.1, -0.05) is 23.9 Å². The Bertz CT molecular complexity index is 614. The number of nitrogens with zero attached hydrogens (tertiary/aromatic N) is 1. The van der Waals surface area contributed by atoms with E-state index in [-0.39, 0.29) is 10.5 Å². The van der Waals surface area contributed by atoms with Crippen molar-refractivity contribution >= 4 is 27.7 Å². The summed E-state index contributed by atoms with van der Waals surface area (Å²) < 4.78 is 28.1. The summed E-state index contributed by atoms with van der Waals surface area (Å²) in [6, 6.07) is 10.9. The van der Waals surface area contributed by atoms with Gasteiger partial charge >= 0.3 is 0 Å². The molecule has 2 aromatic carbocycles. The van der Waals surface area contributed by atoms with Crippen molar-refractivity contribution < 1.29 is 8.78 Å². The highest BCUT2D eigenvalue weighted by Gasteiger charge is 2.13. The maximum Gasteiger partial charge on any atom is 0.141 e. The highest BCUT2D eigenvalue weighted by Crippen LogP contribution is 2.36. The van der Waals surface area contributed by atoms with Gasteiger partial charge in [0.25, 0.3) is 0 Å². The Hall–Kier alpha value is -1.38. The number of nitriles is 1. The molecule has 2 aromatic rings. The molecule has 0 saturated carbocycles. The molecule has 1 nitrogen and oxygen atoms in total. The molecule has 0 unspecified atom stereocenters. The molecule has 0 N–H and O–H groups in total. The first-order valence-electron chi connectivity index (χ1n) is 4.93. The Morgan fingerprint density at radius 3 is 2.28 bits per heavy atom. The van der Waals surface area contributed by atoms with Crippen LogP contribution in [-0.2, 0) is 0 Å². The summed E-state index contributed by atoms with van der Waals surface area (Å²) in [5.41, 5.74) is -0.0264. The standard InChI is InChI=1S/C13H6BrF2NS/c14-9-3-1-2-4-12(9)18-13-10(15)5-8(7-17)6-11(13)16/h1-6H. The molecule has 0 bridgehead atoms. The lowest BCUT2D eigenvalue weighted by Gasteiger charge is -2.06. The minimum Gasteiger partial charge on any atom is -0.206 e. The van der Waals surface area contributed by atoms with Crippen molar-refractivity contribution in [2.45, 2.75) is 9.79 Å². The molecule has 0 aromatic heterocycles. The zero-order valence-electron chi connectivity index (χ0n) is 8.95. The van der Waals surface area contributed by atoms with Gasteiger partial charge in [0.05, 0.1) is 16.5 Å². The van der Waals surface area contributed by atoms with E-state index in [9.17, 15) is 8.78 Å². The SMILES string of the molecule is N#Cc1cc(F)c(Sc2ccccc2Br)c(F)c1. The molecule has 0 radical (unpaired) electrons. The first-order valence-corrected chi connectivity index (χ1v) is 6.54. The lowest BCUT2D eigenvalue weighted by molar-refractivity contribution is 0.540. The summed E-state index contributed by atoms with van der Waals surface area (Å²) in [5.74, 6) is -1.46. The van der Waals surface area contributed by atoms with Gasteiger partial charge in [0.1, 0.15) is 11.6 Å². The monoisotopic (exact) mass is 325 g/mol. The summed E-state index contributed by atoms with van der Waals surface area (Å²) in [7, 11) is 0. The molecule has 2 rings (SSSR count). The van der Waals surface area contributed by atoms with E-state index in [2.05, 4.69) is 15.9 Å². The Balaban J connectivity index is 2.42. The Morgan fingerprint density at radius 1 is 1.11 bits per heavy atom. The van der Waals surface area contributed by atoms with Crippen molar-refractivity contribution in [2.75, 3.05) is 0 Å². The molecular formula is C13H6BrF2NS. The second kappa shape index (κ2) is 5.51. The summed E-state index contributed by atoms with van der Waals surface area (Å²) in [6.45, 7) is 0. The topological polar surface area (TPSA) is 23.8 Å². The van der Waals surface area contributed by atoms with E-state index in [1.165, 1.54) is 0 Å². The maximum absolute atomic E-state index is 13.7. The summed E-state index contributed by atoms with van der Waals surface area (Å²) in [4.78, 5) is 0.598. The van der Waals surface area contributed by atoms with Crippen LogP contribution in [0.4, 0.5) is 8.78 Å². The van der Waals surface area contributed by atoms with Crippen LogP contribution >= 0.6 is 27.7 Å². The van der Waals surface area contributed by atoms with Crippen LogP contribution in [0.25, 0.3) is 0 Å². The first-order chi connectivity index (χ1) is 8.61. The zero-order valence-corrected chi connectivity index (χ0v) is 11.4. The van der Waals surface area contributed by atoms with Gasteiger partial charge in [0.2, 0.25) is 0 Å². The predicted octanol–water partition coefficient (Wildman–Crippen LogP) is 4.75. The van der Waals surface area contributed by atoms with Crippen LogP contribution in [0.3, 0.4) is 0 Å². The van der Waals surface area contributed by atoms with Crippen LogP contribution in [0.1, 0.15) is 5.56 Å². The lowest BCUT2D eigenvalue weighted by Crippen LogP contribution is -1.90.